The number of aromatic amines is 1. The zero-order valence-corrected chi connectivity index (χ0v) is 16.7. The van der Waals surface area contributed by atoms with Crippen molar-refractivity contribution in [3.63, 3.8) is 0 Å². The number of H-pyrrole nitrogens is 1. The predicted octanol–water partition coefficient (Wildman–Crippen LogP) is 4.14. The van der Waals surface area contributed by atoms with Gasteiger partial charge in [-0.25, -0.2) is 4.98 Å². The fourth-order valence-electron chi connectivity index (χ4n) is 4.29. The van der Waals surface area contributed by atoms with Gasteiger partial charge in [-0.05, 0) is 12.5 Å². The van der Waals surface area contributed by atoms with Crippen LogP contribution >= 0.6 is 0 Å². The van der Waals surface area contributed by atoms with Gasteiger partial charge >= 0.3 is 5.97 Å². The van der Waals surface area contributed by atoms with Gasteiger partial charge in [-0.15, -0.1) is 6.58 Å². The van der Waals surface area contributed by atoms with Crippen LogP contribution in [0.4, 0.5) is 0 Å². The van der Waals surface area contributed by atoms with Crippen LogP contribution in [-0.2, 0) is 14.9 Å². The predicted molar refractivity (Wildman–Crippen MR) is 107 cm³/mol. The average Bonchev–Trinajstić information content (AvgIpc) is 3.34. The third kappa shape index (κ3) is 3.39. The number of carbonyl (C=O) groups is 1. The molecule has 2 aromatic rings. The van der Waals surface area contributed by atoms with Crippen molar-refractivity contribution in [3.8, 4) is 11.5 Å². The number of carbonyl (C=O) groups excluding carboxylic acids is 1. The molecule has 1 N–H and O–H groups in total. The molecule has 1 aromatic carbocycles. The van der Waals surface area contributed by atoms with E-state index in [-0.39, 0.29) is 18.0 Å². The van der Waals surface area contributed by atoms with Gasteiger partial charge in [0.05, 0.1) is 14.2 Å². The Morgan fingerprint density at radius 3 is 2.86 bits per heavy atom. The molecule has 0 radical (unpaired) electrons. The second-order valence-electron chi connectivity index (χ2n) is 7.11. The number of ether oxygens (including phenoxy) is 3. The molecule has 3 atom stereocenters. The van der Waals surface area contributed by atoms with E-state index in [1.54, 1.807) is 32.7 Å². The van der Waals surface area contributed by atoms with Gasteiger partial charge in [0.2, 0.25) is 0 Å². The maximum atomic E-state index is 13.4. The van der Waals surface area contributed by atoms with Crippen molar-refractivity contribution in [1.29, 1.82) is 0 Å². The van der Waals surface area contributed by atoms with Gasteiger partial charge in [-0.3, -0.25) is 4.79 Å². The molecule has 0 spiro atoms. The highest BCUT2D eigenvalue weighted by molar-refractivity contribution is 5.88. The summed E-state index contributed by atoms with van der Waals surface area (Å²) in [5.74, 6) is 1.68. The first kappa shape index (κ1) is 20.0. The summed E-state index contributed by atoms with van der Waals surface area (Å²) in [6, 6.07) is 5.59. The molecule has 6 heteroatoms. The monoisotopic (exact) mass is 384 g/mol. The Morgan fingerprint density at radius 2 is 2.25 bits per heavy atom. The smallest absolute Gasteiger partial charge is 0.317 e. The Hall–Kier alpha value is -2.76. The van der Waals surface area contributed by atoms with E-state index in [9.17, 15) is 4.79 Å². The highest BCUT2D eigenvalue weighted by Crippen LogP contribution is 2.52. The standard InChI is InChI=1S/C22H28N2O4/c1-5-7-16-14-22(21(25)28-16,18(8-6-2)20-23-11-12-24-20)17-10-9-15(26-3)13-19(17)27-4/h5,9-13,16,18H,1,6-8,14H2,2-4H3,(H,23,24). The van der Waals surface area contributed by atoms with Crippen LogP contribution in [0.15, 0.2) is 43.2 Å². The van der Waals surface area contributed by atoms with Crippen molar-refractivity contribution in [2.45, 2.75) is 50.0 Å². The second-order valence-corrected chi connectivity index (χ2v) is 7.11. The van der Waals surface area contributed by atoms with Gasteiger partial charge in [0.15, 0.2) is 0 Å². The lowest BCUT2D eigenvalue weighted by molar-refractivity contribution is -0.146. The van der Waals surface area contributed by atoms with Crippen molar-refractivity contribution in [2.24, 2.45) is 0 Å². The third-order valence-electron chi connectivity index (χ3n) is 5.53. The zero-order chi connectivity index (χ0) is 20.1. The van der Waals surface area contributed by atoms with Gasteiger partial charge in [0.25, 0.3) is 0 Å². The van der Waals surface area contributed by atoms with E-state index >= 15 is 0 Å². The van der Waals surface area contributed by atoms with Crippen LogP contribution in [0, 0.1) is 0 Å². The van der Waals surface area contributed by atoms with Crippen LogP contribution < -0.4 is 9.47 Å². The van der Waals surface area contributed by atoms with Crippen LogP contribution in [0.25, 0.3) is 0 Å². The number of aromatic nitrogens is 2. The fraction of sp³-hybridized carbons (Fsp3) is 0.455. The summed E-state index contributed by atoms with van der Waals surface area (Å²) in [5, 5.41) is 0. The average molecular weight is 384 g/mol. The number of benzene rings is 1. The highest BCUT2D eigenvalue weighted by Gasteiger charge is 2.57. The number of esters is 1. The van der Waals surface area contributed by atoms with Crippen molar-refractivity contribution in [1.82, 2.24) is 9.97 Å². The highest BCUT2D eigenvalue weighted by atomic mass is 16.6. The van der Waals surface area contributed by atoms with Crippen LogP contribution in [0.3, 0.4) is 0 Å². The number of nitrogens with zero attached hydrogens (tertiary/aromatic N) is 1. The van der Waals surface area contributed by atoms with E-state index in [1.807, 2.05) is 18.2 Å². The summed E-state index contributed by atoms with van der Waals surface area (Å²) in [7, 11) is 3.21. The molecule has 2 heterocycles. The number of rotatable bonds is 9. The van der Waals surface area contributed by atoms with E-state index in [2.05, 4.69) is 23.5 Å². The van der Waals surface area contributed by atoms with Gasteiger partial charge in [-0.2, -0.15) is 0 Å². The molecule has 0 amide bonds. The van der Waals surface area contributed by atoms with E-state index < -0.39 is 5.41 Å². The van der Waals surface area contributed by atoms with Crippen LogP contribution in [0.1, 0.15) is 49.9 Å². The molecular weight excluding hydrogens is 356 g/mol. The van der Waals surface area contributed by atoms with Gasteiger partial charge in [-0.1, -0.05) is 25.5 Å². The van der Waals surface area contributed by atoms with Crippen LogP contribution in [0.5, 0.6) is 11.5 Å². The molecule has 1 fully saturated rings. The number of methoxy groups -OCH3 is 2. The number of nitrogens with one attached hydrogen (secondary N) is 1. The maximum absolute atomic E-state index is 13.4. The Balaban J connectivity index is 2.21. The first-order chi connectivity index (χ1) is 13.6. The van der Waals surface area contributed by atoms with Crippen molar-refractivity contribution >= 4 is 5.97 Å². The summed E-state index contributed by atoms with van der Waals surface area (Å²) in [6.45, 7) is 5.91. The minimum absolute atomic E-state index is 0.155. The van der Waals surface area contributed by atoms with E-state index in [0.29, 0.717) is 24.3 Å². The van der Waals surface area contributed by atoms with Crippen molar-refractivity contribution in [2.75, 3.05) is 14.2 Å². The summed E-state index contributed by atoms with van der Waals surface area (Å²) < 4.78 is 16.8. The number of imidazole rings is 1. The summed E-state index contributed by atoms with van der Waals surface area (Å²) in [4.78, 5) is 21.1. The van der Waals surface area contributed by atoms with E-state index in [0.717, 1.165) is 24.2 Å². The topological polar surface area (TPSA) is 73.4 Å². The van der Waals surface area contributed by atoms with Gasteiger partial charge in [0.1, 0.15) is 28.8 Å². The fourth-order valence-corrected chi connectivity index (χ4v) is 4.29. The van der Waals surface area contributed by atoms with Crippen LogP contribution in [0.2, 0.25) is 0 Å². The number of cyclic esters (lactones) is 1. The molecule has 0 saturated carbocycles. The van der Waals surface area contributed by atoms with E-state index in [1.165, 1.54) is 0 Å². The molecule has 28 heavy (non-hydrogen) atoms. The lowest BCUT2D eigenvalue weighted by atomic mass is 9.66. The molecule has 0 bridgehead atoms. The lowest BCUT2D eigenvalue weighted by Crippen LogP contribution is -2.39. The Bertz CT molecular complexity index is 818. The van der Waals surface area contributed by atoms with Crippen molar-refractivity contribution in [3.05, 3.63) is 54.6 Å². The Labute approximate surface area is 165 Å². The first-order valence-electron chi connectivity index (χ1n) is 9.64. The Kier molecular flexibility index (Phi) is 6.07. The number of hydrogen-bond acceptors (Lipinski definition) is 5. The number of hydrogen-bond donors (Lipinski definition) is 1. The Morgan fingerprint density at radius 1 is 1.43 bits per heavy atom. The largest absolute Gasteiger partial charge is 0.497 e. The molecule has 1 aromatic heterocycles. The first-order valence-corrected chi connectivity index (χ1v) is 9.64. The van der Waals surface area contributed by atoms with Crippen molar-refractivity contribution < 1.29 is 19.0 Å². The minimum atomic E-state index is -0.890. The third-order valence-corrected chi connectivity index (χ3v) is 5.53. The molecular formula is C22H28N2O4. The molecule has 6 nitrogen and oxygen atoms in total. The molecule has 1 aliphatic rings. The van der Waals surface area contributed by atoms with Gasteiger partial charge < -0.3 is 19.2 Å². The van der Waals surface area contributed by atoms with E-state index in [4.69, 9.17) is 14.2 Å². The molecule has 3 rings (SSSR count). The quantitative estimate of drug-likeness (QED) is 0.520. The molecule has 3 unspecified atom stereocenters. The zero-order valence-electron chi connectivity index (χ0n) is 16.7. The molecule has 1 aliphatic heterocycles. The van der Waals surface area contributed by atoms with Crippen LogP contribution in [-0.4, -0.2) is 36.3 Å². The summed E-state index contributed by atoms with van der Waals surface area (Å²) in [5.41, 5.74) is -0.0821. The lowest BCUT2D eigenvalue weighted by Gasteiger charge is -2.34. The molecule has 0 aliphatic carbocycles. The summed E-state index contributed by atoms with van der Waals surface area (Å²) >= 11 is 0. The summed E-state index contributed by atoms with van der Waals surface area (Å²) in [6.07, 6.45) is 7.95. The normalized spacial score (nSPS) is 22.5. The molecule has 150 valence electrons. The molecule has 1 saturated heterocycles. The SMILES string of the molecule is C=CCC1CC(c2ccc(OC)cc2OC)(C(CCC)c2ncc[nH]2)C(=O)O1. The van der Waals surface area contributed by atoms with Gasteiger partial charge in [0, 0.05) is 42.8 Å². The maximum Gasteiger partial charge on any atom is 0.317 e. The minimum Gasteiger partial charge on any atom is -0.497 e. The second kappa shape index (κ2) is 8.50.